The lowest BCUT2D eigenvalue weighted by molar-refractivity contribution is 0.0633. The number of piperazine rings is 1. The largest absolute Gasteiger partial charge is 0.327 e. The van der Waals surface area contributed by atoms with Crippen LogP contribution < -0.4 is 0 Å². The summed E-state index contributed by atoms with van der Waals surface area (Å²) in [5.74, 6) is 1.01. The lowest BCUT2D eigenvalue weighted by atomic mass is 10.1. The van der Waals surface area contributed by atoms with Gasteiger partial charge >= 0.3 is 0 Å². The normalized spacial score (nSPS) is 21.6. The summed E-state index contributed by atoms with van der Waals surface area (Å²) in [7, 11) is 2.17. The molecule has 26 heavy (non-hydrogen) atoms. The zero-order valence-corrected chi connectivity index (χ0v) is 15.5. The Morgan fingerprint density at radius 2 is 1.96 bits per heavy atom. The van der Waals surface area contributed by atoms with E-state index in [1.54, 1.807) is 18.5 Å². The molecule has 0 spiro atoms. The third-order valence-corrected chi connectivity index (χ3v) is 5.53. The summed E-state index contributed by atoms with van der Waals surface area (Å²) in [4.78, 5) is 28.3. The number of imidazole rings is 1. The van der Waals surface area contributed by atoms with Crippen molar-refractivity contribution in [2.45, 2.75) is 26.1 Å². The molecule has 1 atom stereocenters. The number of rotatable bonds is 3. The Kier molecular flexibility index (Phi) is 4.74. The van der Waals surface area contributed by atoms with Crippen LogP contribution in [0.15, 0.2) is 30.7 Å². The third-order valence-electron chi connectivity index (χ3n) is 5.53. The molecule has 0 N–H and O–H groups in total. The maximum atomic E-state index is 12.8. The summed E-state index contributed by atoms with van der Waals surface area (Å²) in [6.45, 7) is 8.92. The van der Waals surface area contributed by atoms with Gasteiger partial charge in [-0.3, -0.25) is 14.7 Å². The number of carbonyl (C=O) groups excluding carboxylic acids is 1. The van der Waals surface area contributed by atoms with E-state index in [1.165, 1.54) is 5.69 Å². The Labute approximate surface area is 154 Å². The molecule has 1 fully saturated rings. The van der Waals surface area contributed by atoms with Crippen LogP contribution in [-0.4, -0.2) is 74.9 Å². The molecule has 7 nitrogen and oxygen atoms in total. The Bertz CT molecular complexity index is 766. The van der Waals surface area contributed by atoms with Crippen LogP contribution in [0, 0.1) is 0 Å². The van der Waals surface area contributed by atoms with Gasteiger partial charge in [-0.15, -0.1) is 0 Å². The van der Waals surface area contributed by atoms with Crippen molar-refractivity contribution >= 4 is 5.91 Å². The Hall–Kier alpha value is -2.25. The van der Waals surface area contributed by atoms with Crippen LogP contribution >= 0.6 is 0 Å². The van der Waals surface area contributed by atoms with Gasteiger partial charge in [-0.05, 0) is 26.1 Å². The first-order valence-corrected chi connectivity index (χ1v) is 9.29. The van der Waals surface area contributed by atoms with Gasteiger partial charge in [0.1, 0.15) is 5.82 Å². The lowest BCUT2D eigenvalue weighted by Gasteiger charge is -2.36. The molecule has 2 aliphatic rings. The highest BCUT2D eigenvalue weighted by atomic mass is 16.2. The summed E-state index contributed by atoms with van der Waals surface area (Å²) in [6, 6.07) is 3.59. The molecule has 2 aliphatic heterocycles. The molecular weight excluding hydrogens is 328 g/mol. The molecule has 4 heterocycles. The van der Waals surface area contributed by atoms with Crippen molar-refractivity contribution in [2.24, 2.45) is 0 Å². The number of carbonyl (C=O) groups is 1. The van der Waals surface area contributed by atoms with Gasteiger partial charge in [0.2, 0.25) is 0 Å². The number of likely N-dealkylation sites (N-methyl/N-ethyl adjacent to an activating group) is 1. The summed E-state index contributed by atoms with van der Waals surface area (Å²) in [6.07, 6.45) is 5.31. The van der Waals surface area contributed by atoms with Crippen LogP contribution in [0.2, 0.25) is 0 Å². The van der Waals surface area contributed by atoms with E-state index in [9.17, 15) is 4.79 Å². The van der Waals surface area contributed by atoms with Gasteiger partial charge in [0, 0.05) is 64.4 Å². The van der Waals surface area contributed by atoms with Gasteiger partial charge in [0.05, 0.1) is 17.3 Å². The molecule has 1 amide bonds. The molecule has 0 unspecified atom stereocenters. The van der Waals surface area contributed by atoms with Gasteiger partial charge < -0.3 is 14.4 Å². The number of amides is 1. The van der Waals surface area contributed by atoms with Crippen molar-refractivity contribution in [3.63, 3.8) is 0 Å². The minimum Gasteiger partial charge on any atom is -0.327 e. The average molecular weight is 354 g/mol. The first kappa shape index (κ1) is 17.2. The molecule has 7 heteroatoms. The molecule has 0 radical (unpaired) electrons. The summed E-state index contributed by atoms with van der Waals surface area (Å²) in [5.41, 5.74) is 1.89. The van der Waals surface area contributed by atoms with Gasteiger partial charge in [0.25, 0.3) is 5.91 Å². The van der Waals surface area contributed by atoms with E-state index in [-0.39, 0.29) is 11.9 Å². The maximum Gasteiger partial charge on any atom is 0.256 e. The summed E-state index contributed by atoms with van der Waals surface area (Å²) < 4.78 is 2.30. The predicted molar refractivity (Wildman–Crippen MR) is 98.7 cm³/mol. The SMILES string of the molecule is C[C@H]1c2ncc(CN3CCN(C)CC3)n2CCN1C(=O)c1cccnc1. The highest BCUT2D eigenvalue weighted by molar-refractivity contribution is 5.94. The van der Waals surface area contributed by atoms with Crippen LogP contribution in [0.4, 0.5) is 0 Å². The first-order valence-electron chi connectivity index (χ1n) is 9.29. The van der Waals surface area contributed by atoms with Crippen molar-refractivity contribution in [3.8, 4) is 0 Å². The average Bonchev–Trinajstić information content (AvgIpc) is 3.08. The van der Waals surface area contributed by atoms with Crippen molar-refractivity contribution < 1.29 is 4.79 Å². The van der Waals surface area contributed by atoms with Crippen LogP contribution in [0.1, 0.15) is 34.8 Å². The second-order valence-corrected chi connectivity index (χ2v) is 7.26. The molecule has 0 aromatic carbocycles. The molecule has 4 rings (SSSR count). The second kappa shape index (κ2) is 7.17. The maximum absolute atomic E-state index is 12.8. The van der Waals surface area contributed by atoms with E-state index in [4.69, 9.17) is 0 Å². The van der Waals surface area contributed by atoms with E-state index in [1.807, 2.05) is 17.2 Å². The highest BCUT2D eigenvalue weighted by Gasteiger charge is 2.31. The molecule has 0 bridgehead atoms. The zero-order valence-electron chi connectivity index (χ0n) is 15.5. The Morgan fingerprint density at radius 3 is 2.69 bits per heavy atom. The van der Waals surface area contributed by atoms with Crippen molar-refractivity contribution in [2.75, 3.05) is 39.8 Å². The number of nitrogens with zero attached hydrogens (tertiary/aromatic N) is 6. The number of pyridine rings is 1. The molecule has 2 aromatic rings. The van der Waals surface area contributed by atoms with E-state index < -0.39 is 0 Å². The third kappa shape index (κ3) is 3.24. The van der Waals surface area contributed by atoms with Gasteiger partial charge in [-0.25, -0.2) is 4.98 Å². The molecule has 1 saturated heterocycles. The van der Waals surface area contributed by atoms with Crippen LogP contribution in [0.25, 0.3) is 0 Å². The van der Waals surface area contributed by atoms with Crippen molar-refractivity contribution in [3.05, 3.63) is 47.8 Å². The molecule has 138 valence electrons. The van der Waals surface area contributed by atoms with Crippen LogP contribution in [0.5, 0.6) is 0 Å². The van der Waals surface area contributed by atoms with E-state index in [0.29, 0.717) is 12.1 Å². The molecule has 0 aliphatic carbocycles. The molecular formula is C19H26N6O. The fourth-order valence-corrected chi connectivity index (χ4v) is 3.85. The number of hydrogen-bond donors (Lipinski definition) is 0. The standard InChI is InChI=1S/C19H26N6O/c1-15-18-21-13-17(14-23-8-6-22(2)7-9-23)25(18)11-10-24(15)19(26)16-4-3-5-20-12-16/h3-5,12-13,15H,6-11,14H2,1-2H3/t15-/m0/s1. The van der Waals surface area contributed by atoms with Gasteiger partial charge in [-0.1, -0.05) is 0 Å². The monoisotopic (exact) mass is 354 g/mol. The van der Waals surface area contributed by atoms with Crippen molar-refractivity contribution in [1.82, 2.24) is 29.2 Å². The summed E-state index contributed by atoms with van der Waals surface area (Å²) in [5, 5.41) is 0. The van der Waals surface area contributed by atoms with Crippen molar-refractivity contribution in [1.29, 1.82) is 0 Å². The number of aromatic nitrogens is 3. The first-order chi connectivity index (χ1) is 12.6. The van der Waals surface area contributed by atoms with Crippen LogP contribution in [-0.2, 0) is 13.1 Å². The second-order valence-electron chi connectivity index (χ2n) is 7.26. The highest BCUT2D eigenvalue weighted by Crippen LogP contribution is 2.27. The number of fused-ring (bicyclic) bond motifs is 1. The predicted octanol–water partition coefficient (Wildman–Crippen LogP) is 1.24. The summed E-state index contributed by atoms with van der Waals surface area (Å²) >= 11 is 0. The molecule has 0 saturated carbocycles. The smallest absolute Gasteiger partial charge is 0.256 e. The minimum absolute atomic E-state index is 0.0282. The lowest BCUT2D eigenvalue weighted by Crippen LogP contribution is -2.45. The topological polar surface area (TPSA) is 57.5 Å². The number of hydrogen-bond acceptors (Lipinski definition) is 5. The van der Waals surface area contributed by atoms with Crippen LogP contribution in [0.3, 0.4) is 0 Å². The quantitative estimate of drug-likeness (QED) is 0.830. The van der Waals surface area contributed by atoms with Gasteiger partial charge in [-0.2, -0.15) is 0 Å². The van der Waals surface area contributed by atoms with E-state index in [0.717, 1.165) is 45.1 Å². The molecule has 2 aromatic heterocycles. The fourth-order valence-electron chi connectivity index (χ4n) is 3.85. The zero-order chi connectivity index (χ0) is 18.1. The van der Waals surface area contributed by atoms with E-state index in [2.05, 4.69) is 38.3 Å². The Morgan fingerprint density at radius 1 is 1.15 bits per heavy atom. The van der Waals surface area contributed by atoms with Gasteiger partial charge in [0.15, 0.2) is 0 Å². The minimum atomic E-state index is -0.0299. The Balaban J connectivity index is 1.49. The van der Waals surface area contributed by atoms with E-state index >= 15 is 0 Å². The fraction of sp³-hybridized carbons (Fsp3) is 0.526.